The highest BCUT2D eigenvalue weighted by Crippen LogP contribution is 2.19. The summed E-state index contributed by atoms with van der Waals surface area (Å²) in [6, 6.07) is 0. The highest BCUT2D eigenvalue weighted by Gasteiger charge is 2.34. The minimum atomic E-state index is -0.0685. The summed E-state index contributed by atoms with van der Waals surface area (Å²) in [5.74, 6) is 0.0890. The molecule has 2 saturated heterocycles. The molecule has 6 heteroatoms. The molecule has 0 bridgehead atoms. The zero-order chi connectivity index (χ0) is 12.8. The molecule has 112 valence electrons. The fourth-order valence-electron chi connectivity index (χ4n) is 2.82. The third-order valence-electron chi connectivity index (χ3n) is 3.81. The summed E-state index contributed by atoms with van der Waals surface area (Å²) >= 11 is 0. The van der Waals surface area contributed by atoms with Gasteiger partial charge in [-0.05, 0) is 32.2 Å². The lowest BCUT2D eigenvalue weighted by molar-refractivity contribution is -0.123. The molecule has 0 aromatic heterocycles. The predicted molar refractivity (Wildman–Crippen MR) is 75.7 cm³/mol. The Morgan fingerprint density at radius 2 is 2.37 bits per heavy atom. The Morgan fingerprint density at radius 1 is 1.53 bits per heavy atom. The zero-order valence-electron chi connectivity index (χ0n) is 11.6. The number of ether oxygens (including phenoxy) is 2. The lowest BCUT2D eigenvalue weighted by Crippen LogP contribution is -2.53. The maximum absolute atomic E-state index is 11.8. The van der Waals surface area contributed by atoms with Crippen molar-refractivity contribution in [3.05, 3.63) is 0 Å². The third-order valence-corrected chi connectivity index (χ3v) is 3.81. The van der Waals surface area contributed by atoms with Crippen LogP contribution in [0.2, 0.25) is 0 Å². The van der Waals surface area contributed by atoms with Gasteiger partial charge in [-0.1, -0.05) is 0 Å². The van der Waals surface area contributed by atoms with Crippen LogP contribution in [0.25, 0.3) is 0 Å². The topological polar surface area (TPSA) is 59.6 Å². The van der Waals surface area contributed by atoms with Crippen LogP contribution in [0.3, 0.4) is 0 Å². The van der Waals surface area contributed by atoms with Crippen molar-refractivity contribution < 1.29 is 14.3 Å². The second kappa shape index (κ2) is 8.04. The van der Waals surface area contributed by atoms with Gasteiger partial charge in [0.1, 0.15) is 0 Å². The molecule has 2 rings (SSSR count). The van der Waals surface area contributed by atoms with Gasteiger partial charge in [0.2, 0.25) is 5.91 Å². The van der Waals surface area contributed by atoms with Crippen molar-refractivity contribution in [2.24, 2.45) is 0 Å². The normalized spacial score (nSPS) is 30.1. The molecule has 2 aliphatic heterocycles. The van der Waals surface area contributed by atoms with Gasteiger partial charge in [-0.2, -0.15) is 0 Å². The summed E-state index contributed by atoms with van der Waals surface area (Å²) in [4.78, 5) is 11.8. The molecule has 2 heterocycles. The third kappa shape index (κ3) is 4.91. The number of rotatable bonds is 6. The Morgan fingerprint density at radius 3 is 2.95 bits per heavy atom. The summed E-state index contributed by atoms with van der Waals surface area (Å²) < 4.78 is 10.7. The van der Waals surface area contributed by atoms with Crippen LogP contribution in [0.5, 0.6) is 0 Å². The SMILES string of the molecule is COCC1(CNC(=O)CC2CCCO2)CCCN1.Cl. The average molecular weight is 293 g/mol. The van der Waals surface area contributed by atoms with Crippen LogP contribution >= 0.6 is 12.4 Å². The maximum Gasteiger partial charge on any atom is 0.222 e. The summed E-state index contributed by atoms with van der Waals surface area (Å²) in [5.41, 5.74) is -0.0685. The van der Waals surface area contributed by atoms with E-state index in [1.165, 1.54) is 0 Å². The van der Waals surface area contributed by atoms with Crippen molar-refractivity contribution in [2.75, 3.05) is 33.4 Å². The van der Waals surface area contributed by atoms with Crippen molar-refractivity contribution in [1.29, 1.82) is 0 Å². The quantitative estimate of drug-likeness (QED) is 0.762. The first-order valence-corrected chi connectivity index (χ1v) is 6.86. The number of carbonyl (C=O) groups is 1. The maximum atomic E-state index is 11.8. The molecule has 2 N–H and O–H groups in total. The molecule has 0 aliphatic carbocycles. The van der Waals surface area contributed by atoms with E-state index >= 15 is 0 Å². The van der Waals surface area contributed by atoms with E-state index in [2.05, 4.69) is 10.6 Å². The Balaban J connectivity index is 0.00000180. The fourth-order valence-corrected chi connectivity index (χ4v) is 2.82. The lowest BCUT2D eigenvalue weighted by Gasteiger charge is -2.29. The molecular formula is C13H25ClN2O3. The van der Waals surface area contributed by atoms with Crippen LogP contribution in [0.1, 0.15) is 32.1 Å². The number of amides is 1. The number of halogens is 1. The molecule has 0 spiro atoms. The van der Waals surface area contributed by atoms with E-state index in [1.54, 1.807) is 7.11 Å². The van der Waals surface area contributed by atoms with E-state index in [1.807, 2.05) is 0 Å². The summed E-state index contributed by atoms with van der Waals surface area (Å²) in [6.07, 6.45) is 4.90. The molecule has 1 amide bonds. The Bertz CT molecular complexity index is 277. The van der Waals surface area contributed by atoms with Crippen LogP contribution in [-0.2, 0) is 14.3 Å². The molecule has 2 unspecified atom stereocenters. The average Bonchev–Trinajstić information content (AvgIpc) is 2.99. The van der Waals surface area contributed by atoms with Gasteiger partial charge in [0.15, 0.2) is 0 Å². The fraction of sp³-hybridized carbons (Fsp3) is 0.923. The molecule has 19 heavy (non-hydrogen) atoms. The van der Waals surface area contributed by atoms with E-state index in [9.17, 15) is 4.79 Å². The molecule has 0 aromatic rings. The smallest absolute Gasteiger partial charge is 0.222 e. The van der Waals surface area contributed by atoms with Crippen molar-refractivity contribution in [1.82, 2.24) is 10.6 Å². The number of hydrogen-bond donors (Lipinski definition) is 2. The monoisotopic (exact) mass is 292 g/mol. The second-order valence-corrected chi connectivity index (χ2v) is 5.36. The van der Waals surface area contributed by atoms with Gasteiger partial charge < -0.3 is 20.1 Å². The molecule has 0 saturated carbocycles. The van der Waals surface area contributed by atoms with Crippen LogP contribution in [0, 0.1) is 0 Å². The van der Waals surface area contributed by atoms with Gasteiger partial charge in [0.25, 0.3) is 0 Å². The molecular weight excluding hydrogens is 268 g/mol. The molecule has 2 aliphatic rings. The number of carbonyl (C=O) groups excluding carboxylic acids is 1. The molecule has 2 atom stereocenters. The second-order valence-electron chi connectivity index (χ2n) is 5.36. The van der Waals surface area contributed by atoms with Gasteiger partial charge in [-0.25, -0.2) is 0 Å². The van der Waals surface area contributed by atoms with Gasteiger partial charge >= 0.3 is 0 Å². The molecule has 0 radical (unpaired) electrons. The lowest BCUT2D eigenvalue weighted by atomic mass is 9.98. The Hall–Kier alpha value is -0.360. The largest absolute Gasteiger partial charge is 0.383 e. The first kappa shape index (κ1) is 16.7. The Kier molecular flexibility index (Phi) is 7.07. The van der Waals surface area contributed by atoms with E-state index in [0.717, 1.165) is 38.8 Å². The van der Waals surface area contributed by atoms with E-state index < -0.39 is 0 Å². The van der Waals surface area contributed by atoms with Gasteiger partial charge in [-0.15, -0.1) is 12.4 Å². The van der Waals surface area contributed by atoms with Crippen molar-refractivity contribution in [3.63, 3.8) is 0 Å². The van der Waals surface area contributed by atoms with Crippen molar-refractivity contribution in [3.8, 4) is 0 Å². The summed E-state index contributed by atoms with van der Waals surface area (Å²) in [6.45, 7) is 3.09. The van der Waals surface area contributed by atoms with Gasteiger partial charge in [-0.3, -0.25) is 4.79 Å². The van der Waals surface area contributed by atoms with Gasteiger partial charge in [0, 0.05) is 20.3 Å². The van der Waals surface area contributed by atoms with Crippen LogP contribution < -0.4 is 10.6 Å². The summed E-state index contributed by atoms with van der Waals surface area (Å²) in [5, 5.41) is 6.46. The van der Waals surface area contributed by atoms with E-state index in [0.29, 0.717) is 19.6 Å². The zero-order valence-corrected chi connectivity index (χ0v) is 12.4. The van der Waals surface area contributed by atoms with Crippen molar-refractivity contribution in [2.45, 2.75) is 43.7 Å². The first-order valence-electron chi connectivity index (χ1n) is 6.86. The standard InChI is InChI=1S/C13H24N2O3.ClH/c1-17-10-13(5-3-6-15-13)9-14-12(16)8-11-4-2-7-18-11;/h11,15H,2-10H2,1H3,(H,14,16);1H. The van der Waals surface area contributed by atoms with Crippen molar-refractivity contribution >= 4 is 18.3 Å². The van der Waals surface area contributed by atoms with Crippen LogP contribution in [0.4, 0.5) is 0 Å². The number of methoxy groups -OCH3 is 1. The minimum Gasteiger partial charge on any atom is -0.383 e. The molecule has 2 fully saturated rings. The predicted octanol–water partition coefficient (Wildman–Crippen LogP) is 0.862. The molecule has 0 aromatic carbocycles. The van der Waals surface area contributed by atoms with Gasteiger partial charge in [0.05, 0.1) is 24.7 Å². The highest BCUT2D eigenvalue weighted by molar-refractivity contribution is 5.85. The Labute approximate surface area is 121 Å². The summed E-state index contributed by atoms with van der Waals surface area (Å²) in [7, 11) is 1.70. The van der Waals surface area contributed by atoms with Crippen LogP contribution in [0.15, 0.2) is 0 Å². The number of hydrogen-bond acceptors (Lipinski definition) is 4. The minimum absolute atomic E-state index is 0. The van der Waals surface area contributed by atoms with E-state index in [4.69, 9.17) is 9.47 Å². The first-order chi connectivity index (χ1) is 8.74. The number of nitrogens with one attached hydrogen (secondary N) is 2. The molecule has 5 nitrogen and oxygen atoms in total. The highest BCUT2D eigenvalue weighted by atomic mass is 35.5. The van der Waals surface area contributed by atoms with Crippen LogP contribution in [-0.4, -0.2) is 51.0 Å². The van der Waals surface area contributed by atoms with E-state index in [-0.39, 0.29) is 30.0 Å².